The maximum absolute atomic E-state index is 12.0. The summed E-state index contributed by atoms with van der Waals surface area (Å²) in [7, 11) is 0. The van der Waals surface area contributed by atoms with Gasteiger partial charge in [-0.25, -0.2) is 9.78 Å². The van der Waals surface area contributed by atoms with Gasteiger partial charge in [0.05, 0.1) is 0 Å². The van der Waals surface area contributed by atoms with Gasteiger partial charge in [0.15, 0.2) is 0 Å². The normalized spacial score (nSPS) is 10.4. The van der Waals surface area contributed by atoms with E-state index in [-0.39, 0.29) is 11.9 Å². The molecule has 0 bridgehead atoms. The average Bonchev–Trinajstić information content (AvgIpc) is 2.95. The third-order valence-electron chi connectivity index (χ3n) is 3.84. The zero-order valence-electron chi connectivity index (χ0n) is 14.9. The highest BCUT2D eigenvalue weighted by Crippen LogP contribution is 2.20. The Hall–Kier alpha value is -2.83. The minimum atomic E-state index is -0.248. The number of nitrogens with zero attached hydrogens (tertiary/aromatic N) is 2. The van der Waals surface area contributed by atoms with E-state index < -0.39 is 0 Å². The Bertz CT molecular complexity index is 739. The quantitative estimate of drug-likeness (QED) is 0.675. The van der Waals surface area contributed by atoms with Gasteiger partial charge in [-0.15, -0.1) is 0 Å². The third-order valence-corrected chi connectivity index (χ3v) is 3.84. The predicted molar refractivity (Wildman–Crippen MR) is 98.7 cm³/mol. The Balaban J connectivity index is 1.74. The van der Waals surface area contributed by atoms with Gasteiger partial charge < -0.3 is 20.5 Å². The first-order valence-electron chi connectivity index (χ1n) is 8.36. The number of nitrogens with one attached hydrogen (secondary N) is 3. The van der Waals surface area contributed by atoms with E-state index in [9.17, 15) is 9.59 Å². The van der Waals surface area contributed by atoms with Crippen molar-refractivity contribution in [1.29, 1.82) is 0 Å². The van der Waals surface area contributed by atoms with E-state index in [1.807, 2.05) is 26.1 Å². The largest absolute Gasteiger partial charge is 0.338 e. The SMILES string of the molecule is CC(=O)Nc1ccc(C)c(NC(=O)NCCCCn2ccnc2C)c1. The molecule has 3 N–H and O–H groups in total. The second-order valence-corrected chi connectivity index (χ2v) is 5.97. The van der Waals surface area contributed by atoms with Gasteiger partial charge in [-0.1, -0.05) is 6.07 Å². The number of urea groups is 1. The molecule has 0 aliphatic carbocycles. The fourth-order valence-electron chi connectivity index (χ4n) is 2.45. The van der Waals surface area contributed by atoms with Crippen LogP contribution < -0.4 is 16.0 Å². The van der Waals surface area contributed by atoms with Gasteiger partial charge in [-0.05, 0) is 44.4 Å². The number of aryl methyl sites for hydroxylation is 3. The number of aromatic nitrogens is 2. The monoisotopic (exact) mass is 343 g/mol. The average molecular weight is 343 g/mol. The molecule has 1 aromatic heterocycles. The number of hydrogen-bond acceptors (Lipinski definition) is 3. The molecule has 134 valence electrons. The number of carbonyl (C=O) groups is 2. The lowest BCUT2D eigenvalue weighted by atomic mass is 10.2. The maximum atomic E-state index is 12.0. The molecular weight excluding hydrogens is 318 g/mol. The van der Waals surface area contributed by atoms with E-state index in [1.54, 1.807) is 18.3 Å². The van der Waals surface area contributed by atoms with Gasteiger partial charge in [-0.3, -0.25) is 4.79 Å². The van der Waals surface area contributed by atoms with Gasteiger partial charge in [0, 0.05) is 43.8 Å². The summed E-state index contributed by atoms with van der Waals surface area (Å²) in [6.07, 6.45) is 5.60. The summed E-state index contributed by atoms with van der Waals surface area (Å²) in [4.78, 5) is 27.3. The lowest BCUT2D eigenvalue weighted by molar-refractivity contribution is -0.114. The topological polar surface area (TPSA) is 88.0 Å². The minimum absolute atomic E-state index is 0.146. The van der Waals surface area contributed by atoms with Crippen molar-refractivity contribution in [3.63, 3.8) is 0 Å². The number of carbonyl (C=O) groups excluding carboxylic acids is 2. The van der Waals surface area contributed by atoms with Crippen molar-refractivity contribution < 1.29 is 9.59 Å². The molecule has 0 aliphatic heterocycles. The van der Waals surface area contributed by atoms with Crippen molar-refractivity contribution in [3.8, 4) is 0 Å². The Morgan fingerprint density at radius 3 is 2.64 bits per heavy atom. The van der Waals surface area contributed by atoms with E-state index in [0.717, 1.165) is 30.8 Å². The van der Waals surface area contributed by atoms with E-state index >= 15 is 0 Å². The fourth-order valence-corrected chi connectivity index (χ4v) is 2.45. The van der Waals surface area contributed by atoms with Crippen LogP contribution in [-0.4, -0.2) is 28.0 Å². The van der Waals surface area contributed by atoms with Gasteiger partial charge in [0.25, 0.3) is 0 Å². The number of anilines is 2. The molecule has 0 unspecified atom stereocenters. The first-order valence-corrected chi connectivity index (χ1v) is 8.36. The van der Waals surface area contributed by atoms with Crippen molar-refractivity contribution in [1.82, 2.24) is 14.9 Å². The van der Waals surface area contributed by atoms with Gasteiger partial charge in [0.1, 0.15) is 5.82 Å². The van der Waals surface area contributed by atoms with E-state index in [0.29, 0.717) is 17.9 Å². The van der Waals surface area contributed by atoms with Crippen LogP contribution in [0.3, 0.4) is 0 Å². The van der Waals surface area contributed by atoms with Crippen LogP contribution >= 0.6 is 0 Å². The second kappa shape index (κ2) is 8.86. The number of rotatable bonds is 7. The molecule has 1 heterocycles. The lowest BCUT2D eigenvalue weighted by Crippen LogP contribution is -2.30. The molecule has 0 fully saturated rings. The van der Waals surface area contributed by atoms with E-state index in [1.165, 1.54) is 6.92 Å². The van der Waals surface area contributed by atoms with Crippen LogP contribution in [0.25, 0.3) is 0 Å². The molecule has 2 aromatic rings. The fraction of sp³-hybridized carbons (Fsp3) is 0.389. The molecule has 7 nitrogen and oxygen atoms in total. The van der Waals surface area contributed by atoms with Crippen LogP contribution in [0.15, 0.2) is 30.6 Å². The predicted octanol–water partition coefficient (Wildman–Crippen LogP) is 3.06. The molecule has 0 atom stereocenters. The van der Waals surface area contributed by atoms with Crippen LogP contribution in [0, 0.1) is 13.8 Å². The Morgan fingerprint density at radius 2 is 1.96 bits per heavy atom. The van der Waals surface area contributed by atoms with Gasteiger partial charge >= 0.3 is 6.03 Å². The summed E-state index contributed by atoms with van der Waals surface area (Å²) in [6, 6.07) is 5.16. The highest BCUT2D eigenvalue weighted by Gasteiger charge is 2.06. The maximum Gasteiger partial charge on any atom is 0.319 e. The molecule has 0 saturated carbocycles. The van der Waals surface area contributed by atoms with Crippen molar-refractivity contribution in [3.05, 3.63) is 42.0 Å². The first-order chi connectivity index (χ1) is 12.0. The number of benzene rings is 1. The molecule has 0 saturated heterocycles. The molecule has 25 heavy (non-hydrogen) atoms. The Kier molecular flexibility index (Phi) is 6.56. The lowest BCUT2D eigenvalue weighted by Gasteiger charge is -2.12. The van der Waals surface area contributed by atoms with Crippen LogP contribution in [0.2, 0.25) is 0 Å². The molecule has 0 spiro atoms. The number of hydrogen-bond donors (Lipinski definition) is 3. The summed E-state index contributed by atoms with van der Waals surface area (Å²) in [5.41, 5.74) is 2.27. The standard InChI is InChI=1S/C18H25N5O2/c1-13-6-7-16(21-15(3)24)12-17(13)22-18(25)20-8-4-5-10-23-11-9-19-14(23)2/h6-7,9,11-12H,4-5,8,10H2,1-3H3,(H,21,24)(H2,20,22,25). The van der Waals surface area contributed by atoms with Crippen LogP contribution in [-0.2, 0) is 11.3 Å². The van der Waals surface area contributed by atoms with Crippen LogP contribution in [0.1, 0.15) is 31.2 Å². The first kappa shape index (κ1) is 18.5. The Labute approximate surface area is 147 Å². The second-order valence-electron chi connectivity index (χ2n) is 5.97. The van der Waals surface area contributed by atoms with E-state index in [2.05, 4.69) is 25.5 Å². The van der Waals surface area contributed by atoms with Crippen LogP contribution in [0.4, 0.5) is 16.2 Å². The smallest absolute Gasteiger partial charge is 0.319 e. The number of imidazole rings is 1. The molecule has 1 aromatic carbocycles. The summed E-state index contributed by atoms with van der Waals surface area (Å²) in [5, 5.41) is 8.38. The molecular formula is C18H25N5O2. The van der Waals surface area contributed by atoms with Crippen molar-refractivity contribution in [2.45, 2.75) is 40.2 Å². The molecule has 0 aliphatic rings. The highest BCUT2D eigenvalue weighted by molar-refractivity contribution is 5.93. The summed E-state index contributed by atoms with van der Waals surface area (Å²) in [6.45, 7) is 6.83. The summed E-state index contributed by atoms with van der Waals surface area (Å²) in [5.74, 6) is 0.854. The van der Waals surface area contributed by atoms with Crippen molar-refractivity contribution >= 4 is 23.3 Å². The van der Waals surface area contributed by atoms with Gasteiger partial charge in [0.2, 0.25) is 5.91 Å². The zero-order chi connectivity index (χ0) is 18.2. The third kappa shape index (κ3) is 5.95. The molecule has 2 rings (SSSR count). The number of unbranched alkanes of at least 4 members (excludes halogenated alkanes) is 1. The minimum Gasteiger partial charge on any atom is -0.338 e. The van der Waals surface area contributed by atoms with E-state index in [4.69, 9.17) is 0 Å². The van der Waals surface area contributed by atoms with Crippen molar-refractivity contribution in [2.24, 2.45) is 0 Å². The molecule has 0 radical (unpaired) electrons. The number of amides is 3. The van der Waals surface area contributed by atoms with Crippen LogP contribution in [0.5, 0.6) is 0 Å². The zero-order valence-corrected chi connectivity index (χ0v) is 14.9. The van der Waals surface area contributed by atoms with Crippen molar-refractivity contribution in [2.75, 3.05) is 17.2 Å². The highest BCUT2D eigenvalue weighted by atomic mass is 16.2. The molecule has 3 amide bonds. The van der Waals surface area contributed by atoms with Gasteiger partial charge in [-0.2, -0.15) is 0 Å². The Morgan fingerprint density at radius 1 is 1.16 bits per heavy atom. The summed E-state index contributed by atoms with van der Waals surface area (Å²) < 4.78 is 2.09. The summed E-state index contributed by atoms with van der Waals surface area (Å²) >= 11 is 0. The molecule has 7 heteroatoms.